The first-order valence-corrected chi connectivity index (χ1v) is 10.0. The summed E-state index contributed by atoms with van der Waals surface area (Å²) in [5.74, 6) is 4.31. The summed E-state index contributed by atoms with van der Waals surface area (Å²) in [5, 5.41) is 10.4. The molecule has 0 fully saturated rings. The van der Waals surface area contributed by atoms with Crippen LogP contribution in [-0.2, 0) is 0 Å². The van der Waals surface area contributed by atoms with Crippen LogP contribution in [0.4, 0.5) is 0 Å². The van der Waals surface area contributed by atoms with Crippen LogP contribution in [0.15, 0.2) is 0 Å². The maximum Gasteiger partial charge on any atom is 0.0959 e. The zero-order valence-electron chi connectivity index (χ0n) is 10.6. The van der Waals surface area contributed by atoms with Crippen molar-refractivity contribution in [3.63, 3.8) is 0 Å². The minimum Gasteiger partial charge on any atom is -0.389 e. The van der Waals surface area contributed by atoms with E-state index in [1.165, 1.54) is 0 Å². The molecule has 0 saturated carbocycles. The summed E-state index contributed by atoms with van der Waals surface area (Å²) in [6, 6.07) is 0. The van der Waals surface area contributed by atoms with E-state index in [0.29, 0.717) is 9.16 Å². The Labute approximate surface area is 118 Å². The van der Waals surface area contributed by atoms with E-state index < -0.39 is 0 Å². The van der Waals surface area contributed by atoms with Gasteiger partial charge in [0.15, 0.2) is 0 Å². The lowest BCUT2D eigenvalue weighted by Gasteiger charge is -2.27. The van der Waals surface area contributed by atoms with Crippen LogP contribution >= 0.6 is 47.0 Å². The fourth-order valence-corrected chi connectivity index (χ4v) is 6.81. The Balaban J connectivity index is 4.31. The Morgan fingerprint density at radius 3 is 1.12 bits per heavy atom. The van der Waals surface area contributed by atoms with Crippen LogP contribution in [0.5, 0.6) is 0 Å². The van der Waals surface area contributed by atoms with E-state index in [0.717, 1.165) is 23.0 Å². The van der Waals surface area contributed by atoms with Gasteiger partial charge in [0.2, 0.25) is 0 Å². The van der Waals surface area contributed by atoms with Gasteiger partial charge in [-0.15, -0.1) is 47.0 Å². The lowest BCUT2D eigenvalue weighted by atomic mass is 10.5. The molecule has 0 unspecified atom stereocenters. The van der Waals surface area contributed by atoms with Crippen molar-refractivity contribution >= 4 is 47.0 Å². The molecule has 0 atom stereocenters. The minimum atomic E-state index is -0.204. The zero-order valence-corrected chi connectivity index (χ0v) is 13.9. The van der Waals surface area contributed by atoms with Crippen LogP contribution in [0.25, 0.3) is 0 Å². The quantitative estimate of drug-likeness (QED) is 0.613. The molecule has 0 heterocycles. The van der Waals surface area contributed by atoms with Crippen molar-refractivity contribution in [3.8, 4) is 0 Å². The third-order valence-electron chi connectivity index (χ3n) is 1.88. The Bertz CT molecular complexity index is 129. The molecule has 0 spiro atoms. The van der Waals surface area contributed by atoms with Crippen LogP contribution in [-0.4, -0.2) is 43.4 Å². The van der Waals surface area contributed by atoms with Crippen molar-refractivity contribution in [2.75, 3.05) is 23.0 Å². The number of hydrogen-bond donors (Lipinski definition) is 1. The van der Waals surface area contributed by atoms with Crippen LogP contribution < -0.4 is 0 Å². The van der Waals surface area contributed by atoms with E-state index in [2.05, 4.69) is 27.7 Å². The fraction of sp³-hybridized carbons (Fsp3) is 1.00. The van der Waals surface area contributed by atoms with E-state index in [1.54, 1.807) is 0 Å². The van der Waals surface area contributed by atoms with E-state index in [9.17, 15) is 5.11 Å². The SMILES string of the molecule is CCSC(SCC)C(O)C(SCC)SCC. The number of hydrogen-bond acceptors (Lipinski definition) is 5. The molecule has 1 nitrogen and oxygen atoms in total. The van der Waals surface area contributed by atoms with Crippen molar-refractivity contribution in [2.24, 2.45) is 0 Å². The van der Waals surface area contributed by atoms with E-state index in [1.807, 2.05) is 47.0 Å². The highest BCUT2D eigenvalue weighted by Gasteiger charge is 2.27. The molecule has 0 aliphatic rings. The van der Waals surface area contributed by atoms with Gasteiger partial charge in [-0.3, -0.25) is 0 Å². The molecule has 0 aliphatic heterocycles. The molecular weight excluding hydrogens is 276 g/mol. The van der Waals surface area contributed by atoms with Crippen molar-refractivity contribution in [1.82, 2.24) is 0 Å². The second-order valence-electron chi connectivity index (χ2n) is 3.05. The fourth-order valence-electron chi connectivity index (χ4n) is 1.28. The molecule has 0 amide bonds. The highest BCUT2D eigenvalue weighted by Crippen LogP contribution is 2.36. The van der Waals surface area contributed by atoms with Gasteiger partial charge in [0.05, 0.1) is 15.3 Å². The molecule has 0 radical (unpaired) electrons. The van der Waals surface area contributed by atoms with Crippen LogP contribution in [0.3, 0.4) is 0 Å². The highest BCUT2D eigenvalue weighted by atomic mass is 32.2. The smallest absolute Gasteiger partial charge is 0.0959 e. The summed E-state index contributed by atoms with van der Waals surface area (Å²) < 4.78 is 0.663. The summed E-state index contributed by atoms with van der Waals surface area (Å²) in [6.07, 6.45) is -0.204. The van der Waals surface area contributed by atoms with Crippen molar-refractivity contribution < 1.29 is 5.11 Å². The third-order valence-corrected chi connectivity index (χ3v) is 7.28. The summed E-state index contributed by atoms with van der Waals surface area (Å²) in [4.78, 5) is 0. The maximum atomic E-state index is 10.4. The highest BCUT2D eigenvalue weighted by molar-refractivity contribution is 8.18. The van der Waals surface area contributed by atoms with Gasteiger partial charge >= 0.3 is 0 Å². The predicted molar refractivity (Wildman–Crippen MR) is 86.1 cm³/mol. The second-order valence-corrected chi connectivity index (χ2v) is 9.32. The molecule has 98 valence electrons. The molecule has 0 bridgehead atoms. The lowest BCUT2D eigenvalue weighted by molar-refractivity contribution is 0.210. The Morgan fingerprint density at radius 1 is 0.688 bits per heavy atom. The normalized spacial score (nSPS) is 12.0. The van der Waals surface area contributed by atoms with Gasteiger partial charge in [0.25, 0.3) is 0 Å². The number of rotatable bonds is 10. The standard InChI is InChI=1S/C11H24OS4/c1-5-13-10(14-6-2)9(12)11(15-7-3)16-8-4/h9-12H,5-8H2,1-4H3. The van der Waals surface area contributed by atoms with Gasteiger partial charge in [-0.25, -0.2) is 0 Å². The molecular formula is C11H24OS4. The average molecular weight is 301 g/mol. The van der Waals surface area contributed by atoms with Gasteiger partial charge in [0.1, 0.15) is 0 Å². The number of aliphatic hydroxyl groups is 1. The Morgan fingerprint density at radius 2 is 0.938 bits per heavy atom. The summed E-state index contributed by atoms with van der Waals surface area (Å²) >= 11 is 7.50. The topological polar surface area (TPSA) is 20.2 Å². The zero-order chi connectivity index (χ0) is 12.4. The summed E-state index contributed by atoms with van der Waals surface area (Å²) in [7, 11) is 0. The molecule has 16 heavy (non-hydrogen) atoms. The molecule has 0 aromatic carbocycles. The van der Waals surface area contributed by atoms with Gasteiger partial charge in [-0.05, 0) is 23.0 Å². The van der Waals surface area contributed by atoms with Crippen molar-refractivity contribution in [3.05, 3.63) is 0 Å². The van der Waals surface area contributed by atoms with Gasteiger partial charge in [-0.1, -0.05) is 27.7 Å². The van der Waals surface area contributed by atoms with E-state index >= 15 is 0 Å². The van der Waals surface area contributed by atoms with Gasteiger partial charge in [0, 0.05) is 0 Å². The number of aliphatic hydroxyl groups excluding tert-OH is 1. The second kappa shape index (κ2) is 11.5. The first-order valence-electron chi connectivity index (χ1n) is 5.85. The van der Waals surface area contributed by atoms with E-state index in [-0.39, 0.29) is 6.10 Å². The predicted octanol–water partition coefficient (Wildman–Crippen LogP) is 4.01. The van der Waals surface area contributed by atoms with Crippen LogP contribution in [0.2, 0.25) is 0 Å². The van der Waals surface area contributed by atoms with E-state index in [4.69, 9.17) is 0 Å². The monoisotopic (exact) mass is 300 g/mol. The molecule has 0 aromatic rings. The number of thioether (sulfide) groups is 4. The Hall–Kier alpha value is 1.36. The van der Waals surface area contributed by atoms with Gasteiger partial charge < -0.3 is 5.11 Å². The maximum absolute atomic E-state index is 10.4. The molecule has 1 N–H and O–H groups in total. The molecule has 0 saturated heterocycles. The van der Waals surface area contributed by atoms with Gasteiger partial charge in [-0.2, -0.15) is 0 Å². The summed E-state index contributed by atoms with van der Waals surface area (Å²) in [5.41, 5.74) is 0. The van der Waals surface area contributed by atoms with Crippen molar-refractivity contribution in [1.29, 1.82) is 0 Å². The van der Waals surface area contributed by atoms with Crippen molar-refractivity contribution in [2.45, 2.75) is 43.0 Å². The molecule has 0 aromatic heterocycles. The Kier molecular flexibility index (Phi) is 12.4. The summed E-state index contributed by atoms with van der Waals surface area (Å²) in [6.45, 7) is 8.65. The average Bonchev–Trinajstić information content (AvgIpc) is 2.27. The molecule has 0 aliphatic carbocycles. The molecule has 5 heteroatoms. The third kappa shape index (κ3) is 6.94. The molecule has 0 rings (SSSR count). The minimum absolute atomic E-state index is 0.204. The lowest BCUT2D eigenvalue weighted by Crippen LogP contribution is -2.30. The first kappa shape index (κ1) is 17.4. The van der Waals surface area contributed by atoms with Crippen LogP contribution in [0.1, 0.15) is 27.7 Å². The first-order chi connectivity index (χ1) is 7.71. The van der Waals surface area contributed by atoms with Crippen LogP contribution in [0, 0.1) is 0 Å². The largest absolute Gasteiger partial charge is 0.389 e.